The number of carbonyl (C=O) groups is 1. The molecule has 0 saturated carbocycles. The monoisotopic (exact) mass is 353 g/mol. The number of nitrogens with one attached hydrogen (secondary N) is 2. The molecule has 3 aromatic rings. The maximum atomic E-state index is 12.4. The molecule has 1 saturated heterocycles. The highest BCUT2D eigenvalue weighted by Gasteiger charge is 2.25. The SMILES string of the molecule is O=C(NCCCc1nc2ccccc2o1)N1CCCC(c2ncc[nH]2)C1. The van der Waals surface area contributed by atoms with Gasteiger partial charge in [-0.1, -0.05) is 12.1 Å². The Morgan fingerprint density at radius 1 is 1.38 bits per heavy atom. The maximum Gasteiger partial charge on any atom is 0.317 e. The molecule has 26 heavy (non-hydrogen) atoms. The van der Waals surface area contributed by atoms with Crippen molar-refractivity contribution >= 4 is 17.1 Å². The van der Waals surface area contributed by atoms with E-state index in [9.17, 15) is 4.79 Å². The Bertz CT molecular complexity index is 825. The van der Waals surface area contributed by atoms with E-state index in [1.54, 1.807) is 6.20 Å². The van der Waals surface area contributed by atoms with E-state index in [1.807, 2.05) is 35.4 Å². The molecule has 0 bridgehead atoms. The van der Waals surface area contributed by atoms with Gasteiger partial charge in [-0.15, -0.1) is 0 Å². The van der Waals surface area contributed by atoms with Crippen molar-refractivity contribution in [3.63, 3.8) is 0 Å². The molecule has 1 fully saturated rings. The molecular weight excluding hydrogens is 330 g/mol. The van der Waals surface area contributed by atoms with Gasteiger partial charge >= 0.3 is 6.03 Å². The van der Waals surface area contributed by atoms with Crippen molar-refractivity contribution in [1.29, 1.82) is 0 Å². The lowest BCUT2D eigenvalue weighted by Gasteiger charge is -2.31. The summed E-state index contributed by atoms with van der Waals surface area (Å²) in [6.07, 6.45) is 7.18. The number of imidazole rings is 1. The lowest BCUT2D eigenvalue weighted by atomic mass is 9.98. The number of para-hydroxylation sites is 2. The van der Waals surface area contributed by atoms with E-state index < -0.39 is 0 Å². The summed E-state index contributed by atoms with van der Waals surface area (Å²) in [4.78, 5) is 26.2. The first-order chi connectivity index (χ1) is 12.8. The summed E-state index contributed by atoms with van der Waals surface area (Å²) in [6, 6.07) is 7.74. The first-order valence-corrected chi connectivity index (χ1v) is 9.16. The number of aromatic amines is 1. The molecule has 1 unspecified atom stereocenters. The van der Waals surface area contributed by atoms with Crippen molar-refractivity contribution in [2.45, 2.75) is 31.6 Å². The third-order valence-corrected chi connectivity index (χ3v) is 4.80. The molecule has 1 aliphatic heterocycles. The van der Waals surface area contributed by atoms with Crippen molar-refractivity contribution in [1.82, 2.24) is 25.2 Å². The molecule has 136 valence electrons. The zero-order chi connectivity index (χ0) is 17.8. The Kier molecular flexibility index (Phi) is 4.86. The number of piperidine rings is 1. The minimum absolute atomic E-state index is 0.00109. The van der Waals surface area contributed by atoms with E-state index in [2.05, 4.69) is 20.3 Å². The predicted molar refractivity (Wildman–Crippen MR) is 97.9 cm³/mol. The first kappa shape index (κ1) is 16.6. The molecule has 7 heteroatoms. The van der Waals surface area contributed by atoms with Crippen molar-refractivity contribution in [3.05, 3.63) is 48.4 Å². The smallest absolute Gasteiger partial charge is 0.317 e. The van der Waals surface area contributed by atoms with Gasteiger partial charge in [-0.25, -0.2) is 14.8 Å². The standard InChI is InChI=1S/C19H23N5O2/c25-19(24-12-4-5-14(13-24)18-20-10-11-21-18)22-9-3-8-17-23-15-6-1-2-7-16(15)26-17/h1-2,6-7,10-11,14H,3-5,8-9,12-13H2,(H,20,21)(H,22,25). The second kappa shape index (κ2) is 7.59. The number of rotatable bonds is 5. The fourth-order valence-corrected chi connectivity index (χ4v) is 3.46. The number of urea groups is 1. The van der Waals surface area contributed by atoms with Crippen LogP contribution in [-0.4, -0.2) is 45.5 Å². The number of aryl methyl sites for hydroxylation is 1. The third kappa shape index (κ3) is 3.71. The van der Waals surface area contributed by atoms with Gasteiger partial charge in [-0.05, 0) is 31.4 Å². The quantitative estimate of drug-likeness (QED) is 0.690. The van der Waals surface area contributed by atoms with Crippen molar-refractivity contribution < 1.29 is 9.21 Å². The average Bonchev–Trinajstić information content (AvgIpc) is 3.34. The number of amides is 2. The number of aromatic nitrogens is 3. The van der Waals surface area contributed by atoms with Crippen molar-refractivity contribution in [2.24, 2.45) is 0 Å². The van der Waals surface area contributed by atoms with Gasteiger partial charge in [0.05, 0.1) is 0 Å². The predicted octanol–water partition coefficient (Wildman–Crippen LogP) is 3.07. The van der Waals surface area contributed by atoms with Gasteiger partial charge in [-0.3, -0.25) is 0 Å². The van der Waals surface area contributed by atoms with Crippen LogP contribution in [0.4, 0.5) is 4.79 Å². The molecule has 0 radical (unpaired) electrons. The van der Waals surface area contributed by atoms with Crippen LogP contribution >= 0.6 is 0 Å². The minimum Gasteiger partial charge on any atom is -0.441 e. The number of H-pyrrole nitrogens is 1. The van der Waals surface area contributed by atoms with E-state index in [1.165, 1.54) is 0 Å². The Hall–Kier alpha value is -2.83. The molecule has 3 heterocycles. The summed E-state index contributed by atoms with van der Waals surface area (Å²) in [5.41, 5.74) is 1.69. The summed E-state index contributed by atoms with van der Waals surface area (Å²) < 4.78 is 5.70. The van der Waals surface area contributed by atoms with Crippen LogP contribution in [0.25, 0.3) is 11.1 Å². The molecule has 1 aliphatic rings. The van der Waals surface area contributed by atoms with Crippen molar-refractivity contribution in [2.75, 3.05) is 19.6 Å². The fourth-order valence-electron chi connectivity index (χ4n) is 3.46. The highest BCUT2D eigenvalue weighted by Crippen LogP contribution is 2.24. The molecule has 2 amide bonds. The van der Waals surface area contributed by atoms with Gasteiger partial charge in [0.15, 0.2) is 11.5 Å². The number of hydrogen-bond acceptors (Lipinski definition) is 4. The average molecular weight is 353 g/mol. The van der Waals surface area contributed by atoms with Crippen LogP contribution in [-0.2, 0) is 6.42 Å². The zero-order valence-electron chi connectivity index (χ0n) is 14.6. The first-order valence-electron chi connectivity index (χ1n) is 9.16. The lowest BCUT2D eigenvalue weighted by molar-refractivity contribution is 0.178. The van der Waals surface area contributed by atoms with Crippen molar-refractivity contribution in [3.8, 4) is 0 Å². The Morgan fingerprint density at radius 2 is 2.31 bits per heavy atom. The van der Waals surface area contributed by atoms with Gasteiger partial charge in [0.25, 0.3) is 0 Å². The molecular formula is C19H23N5O2. The molecule has 7 nitrogen and oxygen atoms in total. The highest BCUT2D eigenvalue weighted by atomic mass is 16.3. The Balaban J connectivity index is 1.23. The van der Waals surface area contributed by atoms with Crippen LogP contribution in [0.3, 0.4) is 0 Å². The number of nitrogens with zero attached hydrogens (tertiary/aromatic N) is 3. The summed E-state index contributed by atoms with van der Waals surface area (Å²) in [7, 11) is 0. The van der Waals surface area contributed by atoms with E-state index >= 15 is 0 Å². The Labute approximate surface area is 151 Å². The van der Waals surface area contributed by atoms with E-state index in [0.29, 0.717) is 25.4 Å². The topological polar surface area (TPSA) is 87.1 Å². The zero-order valence-corrected chi connectivity index (χ0v) is 14.6. The van der Waals surface area contributed by atoms with Crippen LogP contribution in [0, 0.1) is 0 Å². The number of fused-ring (bicyclic) bond motifs is 1. The molecule has 2 aromatic heterocycles. The van der Waals surface area contributed by atoms with Gasteiger partial charge in [-0.2, -0.15) is 0 Å². The van der Waals surface area contributed by atoms with E-state index in [-0.39, 0.29) is 6.03 Å². The third-order valence-electron chi connectivity index (χ3n) is 4.80. The Morgan fingerprint density at radius 3 is 3.15 bits per heavy atom. The molecule has 0 spiro atoms. The molecule has 2 N–H and O–H groups in total. The number of benzene rings is 1. The number of hydrogen-bond donors (Lipinski definition) is 2. The normalized spacial score (nSPS) is 17.5. The molecule has 4 rings (SSSR count). The molecule has 1 aromatic carbocycles. The van der Waals surface area contributed by atoms with Crippen LogP contribution < -0.4 is 5.32 Å². The van der Waals surface area contributed by atoms with Crippen LogP contribution in [0.15, 0.2) is 41.1 Å². The largest absolute Gasteiger partial charge is 0.441 e. The second-order valence-electron chi connectivity index (χ2n) is 6.67. The summed E-state index contributed by atoms with van der Waals surface area (Å²) in [5, 5.41) is 3.01. The van der Waals surface area contributed by atoms with Gasteiger partial charge in [0.1, 0.15) is 11.3 Å². The van der Waals surface area contributed by atoms with Gasteiger partial charge in [0, 0.05) is 44.4 Å². The number of likely N-dealkylation sites (tertiary alicyclic amines) is 1. The van der Waals surface area contributed by atoms with Crippen LogP contribution in [0.2, 0.25) is 0 Å². The van der Waals surface area contributed by atoms with Gasteiger partial charge in [0.2, 0.25) is 0 Å². The maximum absolute atomic E-state index is 12.4. The molecule has 1 atom stereocenters. The summed E-state index contributed by atoms with van der Waals surface area (Å²) >= 11 is 0. The lowest BCUT2D eigenvalue weighted by Crippen LogP contribution is -2.45. The second-order valence-corrected chi connectivity index (χ2v) is 6.67. The van der Waals surface area contributed by atoms with E-state index in [0.717, 1.165) is 48.6 Å². The van der Waals surface area contributed by atoms with Crippen LogP contribution in [0.5, 0.6) is 0 Å². The highest BCUT2D eigenvalue weighted by molar-refractivity contribution is 5.74. The van der Waals surface area contributed by atoms with E-state index in [4.69, 9.17) is 4.42 Å². The van der Waals surface area contributed by atoms with Gasteiger partial charge < -0.3 is 19.6 Å². The number of oxazole rings is 1. The fraction of sp³-hybridized carbons (Fsp3) is 0.421. The minimum atomic E-state index is -0.00109. The number of carbonyl (C=O) groups excluding carboxylic acids is 1. The summed E-state index contributed by atoms with van der Waals surface area (Å²) in [6.45, 7) is 2.12. The molecule has 0 aliphatic carbocycles. The summed E-state index contributed by atoms with van der Waals surface area (Å²) in [5.74, 6) is 1.99. The van der Waals surface area contributed by atoms with Crippen LogP contribution in [0.1, 0.15) is 36.9 Å².